The monoisotopic (exact) mass is 304 g/mol. The van der Waals surface area contributed by atoms with Crippen LogP contribution in [0, 0.1) is 5.82 Å². The van der Waals surface area contributed by atoms with Crippen molar-refractivity contribution in [2.45, 2.75) is 11.4 Å². The predicted molar refractivity (Wildman–Crippen MR) is 78.7 cm³/mol. The van der Waals surface area contributed by atoms with Crippen molar-refractivity contribution in [1.82, 2.24) is 9.71 Å². The zero-order valence-corrected chi connectivity index (χ0v) is 11.8. The molecule has 0 aliphatic carbocycles. The van der Waals surface area contributed by atoms with Gasteiger partial charge in [-0.05, 0) is 35.2 Å². The number of hydrogen-bond donors (Lipinski definition) is 2. The third-order valence-corrected chi connectivity index (χ3v) is 4.65. The number of rotatable bonds is 4. The van der Waals surface area contributed by atoms with Gasteiger partial charge in [0.1, 0.15) is 10.7 Å². The summed E-state index contributed by atoms with van der Waals surface area (Å²) in [6, 6.07) is 12.8. The average Bonchev–Trinajstić information content (AvgIpc) is 2.93. The van der Waals surface area contributed by atoms with Crippen LogP contribution in [0.1, 0.15) is 5.56 Å². The summed E-state index contributed by atoms with van der Waals surface area (Å²) in [6.45, 7) is 0.103. The Hall–Kier alpha value is -2.18. The van der Waals surface area contributed by atoms with Gasteiger partial charge in [-0.3, -0.25) is 0 Å². The Balaban J connectivity index is 1.81. The molecule has 4 nitrogen and oxygen atoms in total. The summed E-state index contributed by atoms with van der Waals surface area (Å²) in [5.41, 5.74) is 1.72. The number of aromatic nitrogens is 1. The molecule has 3 rings (SSSR count). The molecule has 0 amide bonds. The Bertz CT molecular complexity index is 887. The summed E-state index contributed by atoms with van der Waals surface area (Å²) >= 11 is 0. The molecule has 0 fully saturated rings. The summed E-state index contributed by atoms with van der Waals surface area (Å²) in [4.78, 5) is 2.72. The fourth-order valence-corrected chi connectivity index (χ4v) is 3.22. The van der Waals surface area contributed by atoms with Crippen LogP contribution in [0.3, 0.4) is 0 Å². The van der Waals surface area contributed by atoms with Gasteiger partial charge in [-0.1, -0.05) is 24.3 Å². The largest absolute Gasteiger partial charge is 0.361 e. The number of fused-ring (bicyclic) bond motifs is 1. The number of nitrogens with one attached hydrogen (secondary N) is 2. The molecule has 0 atom stereocenters. The molecule has 3 aromatic rings. The summed E-state index contributed by atoms with van der Waals surface area (Å²) in [5.74, 6) is -0.759. The highest BCUT2D eigenvalue weighted by Gasteiger charge is 2.17. The number of sulfonamides is 1. The van der Waals surface area contributed by atoms with Gasteiger partial charge in [-0.25, -0.2) is 17.5 Å². The van der Waals surface area contributed by atoms with Gasteiger partial charge in [0, 0.05) is 18.3 Å². The first-order chi connectivity index (χ1) is 10.1. The van der Waals surface area contributed by atoms with Crippen LogP contribution in [-0.2, 0) is 16.6 Å². The second-order valence-electron chi connectivity index (χ2n) is 4.65. The molecule has 0 spiro atoms. The Labute approximate surface area is 121 Å². The first kappa shape index (κ1) is 13.8. The lowest BCUT2D eigenvalue weighted by atomic mass is 10.2. The van der Waals surface area contributed by atoms with Gasteiger partial charge in [0.05, 0.1) is 0 Å². The molecule has 0 aliphatic heterocycles. The third-order valence-electron chi connectivity index (χ3n) is 3.21. The van der Waals surface area contributed by atoms with Crippen molar-refractivity contribution in [3.63, 3.8) is 0 Å². The van der Waals surface area contributed by atoms with E-state index in [1.165, 1.54) is 18.2 Å². The number of aromatic amines is 1. The number of H-pyrrole nitrogens is 1. The van der Waals surface area contributed by atoms with E-state index in [0.717, 1.165) is 22.5 Å². The van der Waals surface area contributed by atoms with E-state index in [4.69, 9.17) is 0 Å². The summed E-state index contributed by atoms with van der Waals surface area (Å²) in [7, 11) is -3.86. The van der Waals surface area contributed by atoms with E-state index in [-0.39, 0.29) is 11.4 Å². The molecule has 2 aromatic carbocycles. The summed E-state index contributed by atoms with van der Waals surface area (Å²) in [6.07, 6.45) is 1.82. The van der Waals surface area contributed by atoms with Crippen molar-refractivity contribution >= 4 is 20.9 Å². The van der Waals surface area contributed by atoms with Gasteiger partial charge in [0.15, 0.2) is 0 Å². The third kappa shape index (κ3) is 2.81. The van der Waals surface area contributed by atoms with Crippen LogP contribution in [0.15, 0.2) is 59.6 Å². The Kier molecular flexibility index (Phi) is 3.48. The number of hydrogen-bond acceptors (Lipinski definition) is 2. The van der Waals surface area contributed by atoms with Crippen molar-refractivity contribution in [2.24, 2.45) is 0 Å². The van der Waals surface area contributed by atoms with Crippen LogP contribution in [0.5, 0.6) is 0 Å². The molecular formula is C15H13FN2O2S. The standard InChI is InChI=1S/C15H13FN2O2S/c16-13-3-1-2-4-15(13)21(19,20)18-10-11-5-6-12-7-8-17-14(12)9-11/h1-9,17-18H,10H2. The SMILES string of the molecule is O=S(=O)(NCc1ccc2cc[nH]c2c1)c1ccccc1F. The molecule has 0 radical (unpaired) electrons. The van der Waals surface area contributed by atoms with Crippen LogP contribution < -0.4 is 4.72 Å². The fourth-order valence-electron chi connectivity index (χ4n) is 2.12. The molecule has 0 aliphatic rings. The maximum atomic E-state index is 13.6. The first-order valence-electron chi connectivity index (χ1n) is 6.36. The summed E-state index contributed by atoms with van der Waals surface area (Å²) < 4.78 is 40.1. The molecule has 1 heterocycles. The number of halogens is 1. The van der Waals surface area contributed by atoms with E-state index in [9.17, 15) is 12.8 Å². The van der Waals surface area contributed by atoms with E-state index in [2.05, 4.69) is 9.71 Å². The zero-order chi connectivity index (χ0) is 14.9. The minimum atomic E-state index is -3.86. The summed E-state index contributed by atoms with van der Waals surface area (Å²) in [5, 5.41) is 1.05. The molecule has 108 valence electrons. The lowest BCUT2D eigenvalue weighted by Gasteiger charge is -2.07. The highest BCUT2D eigenvalue weighted by atomic mass is 32.2. The quantitative estimate of drug-likeness (QED) is 0.778. The maximum absolute atomic E-state index is 13.6. The second-order valence-corrected chi connectivity index (χ2v) is 6.39. The van der Waals surface area contributed by atoms with Gasteiger partial charge in [-0.15, -0.1) is 0 Å². The molecular weight excluding hydrogens is 291 g/mol. The normalized spacial score (nSPS) is 11.9. The van der Waals surface area contributed by atoms with E-state index >= 15 is 0 Å². The lowest BCUT2D eigenvalue weighted by molar-refractivity contribution is 0.557. The Morgan fingerprint density at radius 3 is 2.71 bits per heavy atom. The van der Waals surface area contributed by atoms with Crippen molar-refractivity contribution in [1.29, 1.82) is 0 Å². The highest BCUT2D eigenvalue weighted by molar-refractivity contribution is 7.89. The Morgan fingerprint density at radius 2 is 1.90 bits per heavy atom. The molecule has 0 bridgehead atoms. The smallest absolute Gasteiger partial charge is 0.243 e. The Morgan fingerprint density at radius 1 is 1.10 bits per heavy atom. The molecule has 1 aromatic heterocycles. The van der Waals surface area contributed by atoms with Gasteiger partial charge in [0.2, 0.25) is 10.0 Å². The molecule has 0 unspecified atom stereocenters. The van der Waals surface area contributed by atoms with Crippen LogP contribution in [0.2, 0.25) is 0 Å². The van der Waals surface area contributed by atoms with Crippen LogP contribution in [-0.4, -0.2) is 13.4 Å². The maximum Gasteiger partial charge on any atom is 0.243 e. The zero-order valence-electron chi connectivity index (χ0n) is 11.0. The lowest BCUT2D eigenvalue weighted by Crippen LogP contribution is -2.24. The van der Waals surface area contributed by atoms with Gasteiger partial charge in [-0.2, -0.15) is 0 Å². The van der Waals surface area contributed by atoms with Gasteiger partial charge >= 0.3 is 0 Å². The molecule has 2 N–H and O–H groups in total. The minimum Gasteiger partial charge on any atom is -0.361 e. The van der Waals surface area contributed by atoms with E-state index in [1.807, 2.05) is 30.5 Å². The van der Waals surface area contributed by atoms with Crippen molar-refractivity contribution < 1.29 is 12.8 Å². The van der Waals surface area contributed by atoms with Crippen molar-refractivity contribution in [3.8, 4) is 0 Å². The van der Waals surface area contributed by atoms with E-state index in [0.29, 0.717) is 0 Å². The minimum absolute atomic E-state index is 0.103. The van der Waals surface area contributed by atoms with Crippen molar-refractivity contribution in [3.05, 3.63) is 66.1 Å². The average molecular weight is 304 g/mol. The molecule has 6 heteroatoms. The fraction of sp³-hybridized carbons (Fsp3) is 0.0667. The predicted octanol–water partition coefficient (Wildman–Crippen LogP) is 2.79. The van der Waals surface area contributed by atoms with Crippen LogP contribution in [0.4, 0.5) is 4.39 Å². The van der Waals surface area contributed by atoms with Crippen LogP contribution in [0.25, 0.3) is 10.9 Å². The van der Waals surface area contributed by atoms with Gasteiger partial charge in [0.25, 0.3) is 0 Å². The molecule has 0 saturated carbocycles. The van der Waals surface area contributed by atoms with E-state index in [1.54, 1.807) is 0 Å². The number of benzene rings is 2. The molecule has 21 heavy (non-hydrogen) atoms. The van der Waals surface area contributed by atoms with Crippen LogP contribution >= 0.6 is 0 Å². The second kappa shape index (κ2) is 5.31. The molecule has 0 saturated heterocycles. The van der Waals surface area contributed by atoms with E-state index < -0.39 is 15.8 Å². The highest BCUT2D eigenvalue weighted by Crippen LogP contribution is 2.16. The van der Waals surface area contributed by atoms with Crippen molar-refractivity contribution in [2.75, 3.05) is 0 Å². The topological polar surface area (TPSA) is 62.0 Å². The van der Waals surface area contributed by atoms with Gasteiger partial charge < -0.3 is 4.98 Å². The first-order valence-corrected chi connectivity index (χ1v) is 7.85.